The van der Waals surface area contributed by atoms with E-state index in [4.69, 9.17) is 25.5 Å². The van der Waals surface area contributed by atoms with E-state index in [1.165, 1.54) is 0 Å². The Morgan fingerprint density at radius 1 is 1.00 bits per heavy atom. The Balaban J connectivity index is 3.01. The van der Waals surface area contributed by atoms with Gasteiger partial charge in [0.15, 0.2) is 0 Å². The zero-order chi connectivity index (χ0) is 13.5. The number of esters is 1. The van der Waals surface area contributed by atoms with Crippen LogP contribution >= 0.6 is 0 Å². The van der Waals surface area contributed by atoms with Gasteiger partial charge >= 0.3 is 5.97 Å². The molecule has 0 unspecified atom stereocenters. The van der Waals surface area contributed by atoms with Crippen molar-refractivity contribution in [2.24, 2.45) is 0 Å². The summed E-state index contributed by atoms with van der Waals surface area (Å²) in [4.78, 5) is 13.8. The van der Waals surface area contributed by atoms with Gasteiger partial charge in [-0.1, -0.05) is 6.58 Å². The van der Waals surface area contributed by atoms with Gasteiger partial charge < -0.3 is 23.8 Å². The highest BCUT2D eigenvalue weighted by Gasteiger charge is 1.95. The second kappa shape index (κ2) is 13.6. The molecule has 0 radical (unpaired) electrons. The third kappa shape index (κ3) is 12.6. The topological polar surface area (TPSA) is 58.4 Å². The van der Waals surface area contributed by atoms with Crippen LogP contribution in [-0.2, 0) is 23.7 Å². The van der Waals surface area contributed by atoms with Crippen molar-refractivity contribution in [1.29, 1.82) is 0 Å². The van der Waals surface area contributed by atoms with Gasteiger partial charge in [0, 0.05) is 6.08 Å². The molecule has 0 aliphatic carbocycles. The summed E-state index contributed by atoms with van der Waals surface area (Å²) in [5, 5.41) is 0. The van der Waals surface area contributed by atoms with E-state index >= 15 is 0 Å². The van der Waals surface area contributed by atoms with Gasteiger partial charge in [-0.15, -0.1) is 0 Å². The van der Waals surface area contributed by atoms with Crippen LogP contribution in [0.1, 0.15) is 0 Å². The molecule has 0 aliphatic heterocycles. The molecule has 0 aromatic rings. The summed E-state index contributed by atoms with van der Waals surface area (Å²) in [5.41, 5.74) is 0. The van der Waals surface area contributed by atoms with Crippen LogP contribution in [0.4, 0.5) is 0 Å². The summed E-state index contributed by atoms with van der Waals surface area (Å²) in [7, 11) is 0. The van der Waals surface area contributed by atoms with Crippen molar-refractivity contribution in [2.75, 3.05) is 52.8 Å². The number of hydrogen-bond acceptors (Lipinski definition) is 5. The quantitative estimate of drug-likeness (QED) is 0.223. The summed E-state index contributed by atoms with van der Waals surface area (Å²) in [5.74, 6) is -0.452. The maximum atomic E-state index is 10.6. The Hall–Kier alpha value is -1.42. The first-order valence-electron chi connectivity index (χ1n) is 5.67. The van der Waals surface area contributed by atoms with Crippen LogP contribution < -0.4 is 0 Å². The number of hydrogen-bond donors (Lipinski definition) is 0. The first-order valence-corrected chi connectivity index (χ1v) is 5.67. The predicted molar refractivity (Wildman–Crippen MR) is 65.1 cm³/mol. The van der Waals surface area contributed by atoms with Crippen LogP contribution in [0.2, 0.25) is 0 Å². The second-order valence-corrected chi connectivity index (χ2v) is 3.09. The van der Waals surface area contributed by atoms with Crippen LogP contribution in [0.25, 0.3) is 4.85 Å². The van der Waals surface area contributed by atoms with E-state index in [1.807, 2.05) is 0 Å². The molecular formula is C12H19NO5. The minimum absolute atomic E-state index is 0.213. The highest BCUT2D eigenvalue weighted by molar-refractivity contribution is 5.81. The van der Waals surface area contributed by atoms with Gasteiger partial charge in [-0.25, -0.2) is 11.4 Å². The molecule has 0 saturated heterocycles. The van der Waals surface area contributed by atoms with Gasteiger partial charge in [-0.3, -0.25) is 0 Å². The summed E-state index contributed by atoms with van der Waals surface area (Å²) in [6, 6.07) is 0. The monoisotopic (exact) mass is 257 g/mol. The zero-order valence-electron chi connectivity index (χ0n) is 10.4. The van der Waals surface area contributed by atoms with Crippen LogP contribution in [-0.4, -0.2) is 58.8 Å². The molecule has 0 bridgehead atoms. The number of ether oxygens (including phenoxy) is 4. The Labute approximate surface area is 107 Å². The fourth-order valence-corrected chi connectivity index (χ4v) is 0.912. The van der Waals surface area contributed by atoms with Gasteiger partial charge in [0.2, 0.25) is 6.54 Å². The van der Waals surface area contributed by atoms with Crippen molar-refractivity contribution in [3.8, 4) is 0 Å². The first kappa shape index (κ1) is 16.6. The molecule has 102 valence electrons. The third-order valence-corrected chi connectivity index (χ3v) is 1.73. The van der Waals surface area contributed by atoms with Crippen molar-refractivity contribution in [2.45, 2.75) is 0 Å². The van der Waals surface area contributed by atoms with Crippen molar-refractivity contribution in [3.05, 3.63) is 24.1 Å². The van der Waals surface area contributed by atoms with Crippen molar-refractivity contribution in [1.82, 2.24) is 0 Å². The molecule has 0 fully saturated rings. The summed E-state index contributed by atoms with van der Waals surface area (Å²) in [6.07, 6.45) is 1.11. The normalized spacial score (nSPS) is 9.72. The van der Waals surface area contributed by atoms with E-state index < -0.39 is 5.97 Å². The number of carbonyl (C=O) groups excluding carboxylic acids is 1. The van der Waals surface area contributed by atoms with Crippen molar-refractivity contribution >= 4 is 5.97 Å². The maximum absolute atomic E-state index is 10.6. The van der Waals surface area contributed by atoms with Crippen LogP contribution in [0, 0.1) is 6.57 Å². The Kier molecular flexibility index (Phi) is 12.6. The van der Waals surface area contributed by atoms with Gasteiger partial charge in [-0.2, -0.15) is 0 Å². The highest BCUT2D eigenvalue weighted by Crippen LogP contribution is 1.84. The number of rotatable bonds is 12. The summed E-state index contributed by atoms with van der Waals surface area (Å²) >= 11 is 0. The van der Waals surface area contributed by atoms with E-state index in [0.29, 0.717) is 46.2 Å². The minimum atomic E-state index is -0.452. The molecule has 0 spiro atoms. The second-order valence-electron chi connectivity index (χ2n) is 3.09. The van der Waals surface area contributed by atoms with E-state index in [2.05, 4.69) is 11.4 Å². The van der Waals surface area contributed by atoms with Gasteiger partial charge in [-0.05, 0) is 0 Å². The lowest BCUT2D eigenvalue weighted by atomic mass is 10.6. The summed E-state index contributed by atoms with van der Waals surface area (Å²) in [6.45, 7) is 13.0. The number of carbonyl (C=O) groups is 1. The Morgan fingerprint density at radius 3 is 2.00 bits per heavy atom. The van der Waals surface area contributed by atoms with E-state index in [0.717, 1.165) is 6.08 Å². The fourth-order valence-electron chi connectivity index (χ4n) is 0.912. The summed E-state index contributed by atoms with van der Waals surface area (Å²) < 4.78 is 20.2. The van der Waals surface area contributed by atoms with Crippen LogP contribution in [0.5, 0.6) is 0 Å². The van der Waals surface area contributed by atoms with Gasteiger partial charge in [0.1, 0.15) is 13.2 Å². The average molecular weight is 257 g/mol. The van der Waals surface area contributed by atoms with E-state index in [-0.39, 0.29) is 6.61 Å². The first-order chi connectivity index (χ1) is 8.81. The van der Waals surface area contributed by atoms with Crippen LogP contribution in [0.3, 0.4) is 0 Å². The molecular weight excluding hydrogens is 238 g/mol. The SMILES string of the molecule is [C-]#[N+]CCOCCOCCOCCOC(=O)C=C. The molecule has 0 amide bonds. The molecule has 0 aromatic heterocycles. The van der Waals surface area contributed by atoms with E-state index in [9.17, 15) is 4.79 Å². The largest absolute Gasteiger partial charge is 0.460 e. The average Bonchev–Trinajstić information content (AvgIpc) is 2.39. The van der Waals surface area contributed by atoms with E-state index in [1.54, 1.807) is 0 Å². The van der Waals surface area contributed by atoms with Crippen molar-refractivity contribution in [3.63, 3.8) is 0 Å². The molecule has 0 atom stereocenters. The Morgan fingerprint density at radius 2 is 1.50 bits per heavy atom. The minimum Gasteiger partial charge on any atom is -0.460 e. The molecule has 0 aromatic carbocycles. The standard InChI is InChI=1S/C12H19NO5/c1-3-12(14)18-11-10-17-9-8-16-7-6-15-5-4-13-2/h3H,1,4-11H2. The molecule has 0 rings (SSSR count). The lowest BCUT2D eigenvalue weighted by Gasteiger charge is -2.06. The smallest absolute Gasteiger partial charge is 0.330 e. The van der Waals surface area contributed by atoms with Crippen molar-refractivity contribution < 1.29 is 23.7 Å². The fraction of sp³-hybridized carbons (Fsp3) is 0.667. The molecule has 18 heavy (non-hydrogen) atoms. The zero-order valence-corrected chi connectivity index (χ0v) is 10.4. The molecule has 0 heterocycles. The third-order valence-electron chi connectivity index (χ3n) is 1.73. The maximum Gasteiger partial charge on any atom is 0.330 e. The molecule has 0 aliphatic rings. The molecule has 0 N–H and O–H groups in total. The van der Waals surface area contributed by atoms with Gasteiger partial charge in [0.05, 0.1) is 33.0 Å². The highest BCUT2D eigenvalue weighted by atomic mass is 16.6. The van der Waals surface area contributed by atoms with Gasteiger partial charge in [0.25, 0.3) is 0 Å². The predicted octanol–water partition coefficient (Wildman–Crippen LogP) is 0.685. The lowest BCUT2D eigenvalue weighted by molar-refractivity contribution is -0.139. The molecule has 6 heteroatoms. The molecule has 0 saturated carbocycles. The van der Waals surface area contributed by atoms with Crippen LogP contribution in [0.15, 0.2) is 12.7 Å². The molecule has 6 nitrogen and oxygen atoms in total. The number of nitrogens with zero attached hydrogens (tertiary/aromatic N) is 1. The lowest BCUT2D eigenvalue weighted by Crippen LogP contribution is -2.13. The Bertz CT molecular complexity index is 262.